The smallest absolute Gasteiger partial charge is 0.225 e. The van der Waals surface area contributed by atoms with E-state index in [9.17, 15) is 18.7 Å². The molecule has 0 unspecified atom stereocenters. The van der Waals surface area contributed by atoms with Crippen molar-refractivity contribution in [1.29, 1.82) is 0 Å². The second-order valence-corrected chi connectivity index (χ2v) is 5.31. The molecular weight excluding hydrogens is 280 g/mol. The molecule has 1 aliphatic heterocycles. The van der Waals surface area contributed by atoms with Crippen molar-refractivity contribution < 1.29 is 23.4 Å². The van der Waals surface area contributed by atoms with Gasteiger partial charge in [0.1, 0.15) is 11.6 Å². The number of ether oxygens (including phenoxy) is 1. The Morgan fingerprint density at radius 3 is 2.90 bits per heavy atom. The molecule has 1 fully saturated rings. The van der Waals surface area contributed by atoms with Crippen molar-refractivity contribution in [3.8, 4) is 0 Å². The van der Waals surface area contributed by atoms with E-state index >= 15 is 0 Å². The van der Waals surface area contributed by atoms with Gasteiger partial charge in [-0.25, -0.2) is 8.78 Å². The van der Waals surface area contributed by atoms with Gasteiger partial charge in [-0.3, -0.25) is 4.79 Å². The van der Waals surface area contributed by atoms with Crippen LogP contribution in [-0.2, 0) is 16.0 Å². The number of hydrogen-bond acceptors (Lipinski definition) is 3. The maximum absolute atomic E-state index is 13.5. The Kier molecular flexibility index (Phi) is 5.25. The summed E-state index contributed by atoms with van der Waals surface area (Å²) in [5, 5.41) is 12.5. The minimum absolute atomic E-state index is 0.0170. The van der Waals surface area contributed by atoms with Gasteiger partial charge in [0.2, 0.25) is 5.91 Å². The topological polar surface area (TPSA) is 58.6 Å². The fraction of sp³-hybridized carbons (Fsp3) is 0.533. The van der Waals surface area contributed by atoms with Gasteiger partial charge < -0.3 is 15.2 Å². The SMILES string of the molecule is C[C@@H]1OCC[C@@H]1C(=O)NC[C@@H](O)Cc1ccc(F)cc1F. The minimum Gasteiger partial charge on any atom is -0.391 e. The lowest BCUT2D eigenvalue weighted by Crippen LogP contribution is -2.39. The zero-order valence-electron chi connectivity index (χ0n) is 11.8. The van der Waals surface area contributed by atoms with Crippen LogP contribution in [0.4, 0.5) is 8.78 Å². The molecule has 3 atom stereocenters. The zero-order chi connectivity index (χ0) is 15.4. The number of rotatable bonds is 5. The zero-order valence-corrected chi connectivity index (χ0v) is 11.8. The Morgan fingerprint density at radius 1 is 1.52 bits per heavy atom. The van der Waals surface area contributed by atoms with Crippen LogP contribution in [0.3, 0.4) is 0 Å². The summed E-state index contributed by atoms with van der Waals surface area (Å²) < 4.78 is 31.5. The van der Waals surface area contributed by atoms with Gasteiger partial charge in [0.25, 0.3) is 0 Å². The summed E-state index contributed by atoms with van der Waals surface area (Å²) in [5.74, 6) is -1.73. The highest BCUT2D eigenvalue weighted by Crippen LogP contribution is 2.20. The van der Waals surface area contributed by atoms with E-state index in [0.29, 0.717) is 13.0 Å². The van der Waals surface area contributed by atoms with Crippen molar-refractivity contribution in [2.45, 2.75) is 32.0 Å². The van der Waals surface area contributed by atoms with E-state index < -0.39 is 17.7 Å². The van der Waals surface area contributed by atoms with E-state index in [1.54, 1.807) is 0 Å². The van der Waals surface area contributed by atoms with Crippen molar-refractivity contribution in [3.05, 3.63) is 35.4 Å². The van der Waals surface area contributed by atoms with Gasteiger partial charge >= 0.3 is 0 Å². The van der Waals surface area contributed by atoms with Crippen LogP contribution < -0.4 is 5.32 Å². The van der Waals surface area contributed by atoms with E-state index in [2.05, 4.69) is 5.32 Å². The molecule has 1 aliphatic rings. The first kappa shape index (κ1) is 15.9. The second kappa shape index (κ2) is 6.95. The van der Waals surface area contributed by atoms with Crippen LogP contribution >= 0.6 is 0 Å². The maximum atomic E-state index is 13.5. The lowest BCUT2D eigenvalue weighted by molar-refractivity contribution is -0.126. The van der Waals surface area contributed by atoms with Crippen LogP contribution in [0, 0.1) is 17.6 Å². The molecule has 21 heavy (non-hydrogen) atoms. The molecule has 1 aromatic rings. The molecule has 0 aromatic heterocycles. The Balaban J connectivity index is 1.81. The molecule has 4 nitrogen and oxygen atoms in total. The van der Waals surface area contributed by atoms with Crippen molar-refractivity contribution in [3.63, 3.8) is 0 Å². The van der Waals surface area contributed by atoms with Crippen LogP contribution in [0.15, 0.2) is 18.2 Å². The molecule has 0 saturated carbocycles. The fourth-order valence-electron chi connectivity index (χ4n) is 2.44. The van der Waals surface area contributed by atoms with Crippen LogP contribution in [0.2, 0.25) is 0 Å². The van der Waals surface area contributed by atoms with E-state index in [4.69, 9.17) is 4.74 Å². The van der Waals surface area contributed by atoms with Gasteiger partial charge in [-0.2, -0.15) is 0 Å². The van der Waals surface area contributed by atoms with Gasteiger partial charge in [-0.05, 0) is 25.0 Å². The molecule has 6 heteroatoms. The molecule has 0 spiro atoms. The van der Waals surface area contributed by atoms with Gasteiger partial charge in [-0.1, -0.05) is 6.07 Å². The first-order chi connectivity index (χ1) is 9.97. The number of nitrogens with one attached hydrogen (secondary N) is 1. The Hall–Kier alpha value is -1.53. The standard InChI is InChI=1S/C15H19F2NO3/c1-9-13(4-5-21-9)15(20)18-8-12(19)6-10-2-3-11(16)7-14(10)17/h2-3,7,9,12-13,19H,4-6,8H2,1H3,(H,18,20)/t9-,12-,13-/m0/s1. The third-order valence-electron chi connectivity index (χ3n) is 3.70. The summed E-state index contributed by atoms with van der Waals surface area (Å²) in [6.45, 7) is 2.42. The predicted octanol–water partition coefficient (Wildman–Crippen LogP) is 1.41. The summed E-state index contributed by atoms with van der Waals surface area (Å²) in [7, 11) is 0. The summed E-state index contributed by atoms with van der Waals surface area (Å²) in [6, 6.07) is 3.21. The molecule has 1 amide bonds. The lowest BCUT2D eigenvalue weighted by atomic mass is 10.0. The highest BCUT2D eigenvalue weighted by molar-refractivity contribution is 5.79. The van der Waals surface area contributed by atoms with E-state index in [-0.39, 0.29) is 36.5 Å². The number of carbonyl (C=O) groups excluding carboxylic acids is 1. The number of hydrogen-bond donors (Lipinski definition) is 2. The van der Waals surface area contributed by atoms with Gasteiger partial charge in [0.15, 0.2) is 0 Å². The molecule has 2 rings (SSSR count). The monoisotopic (exact) mass is 299 g/mol. The quantitative estimate of drug-likeness (QED) is 0.864. The maximum Gasteiger partial charge on any atom is 0.225 e. The van der Waals surface area contributed by atoms with Crippen LogP contribution in [0.1, 0.15) is 18.9 Å². The minimum atomic E-state index is -0.925. The van der Waals surface area contributed by atoms with E-state index in [1.807, 2.05) is 6.92 Å². The average molecular weight is 299 g/mol. The van der Waals surface area contributed by atoms with Crippen molar-refractivity contribution in [2.24, 2.45) is 5.92 Å². The Morgan fingerprint density at radius 2 is 2.29 bits per heavy atom. The lowest BCUT2D eigenvalue weighted by Gasteiger charge is -2.16. The molecular formula is C15H19F2NO3. The van der Waals surface area contributed by atoms with Gasteiger partial charge in [-0.15, -0.1) is 0 Å². The number of aliphatic hydroxyl groups excluding tert-OH is 1. The number of aliphatic hydroxyl groups is 1. The Labute approximate surface area is 122 Å². The molecule has 0 radical (unpaired) electrons. The summed E-state index contributed by atoms with van der Waals surface area (Å²) in [6.07, 6.45) is -0.373. The highest BCUT2D eigenvalue weighted by atomic mass is 19.1. The van der Waals surface area contributed by atoms with Gasteiger partial charge in [0.05, 0.1) is 18.1 Å². The number of amides is 1. The van der Waals surface area contributed by atoms with E-state index in [0.717, 1.165) is 12.1 Å². The van der Waals surface area contributed by atoms with Crippen LogP contribution in [0.5, 0.6) is 0 Å². The normalized spacial score (nSPS) is 23.0. The first-order valence-electron chi connectivity index (χ1n) is 6.98. The van der Waals surface area contributed by atoms with Crippen molar-refractivity contribution in [2.75, 3.05) is 13.2 Å². The molecule has 0 aliphatic carbocycles. The average Bonchev–Trinajstić information content (AvgIpc) is 2.85. The summed E-state index contributed by atoms with van der Waals surface area (Å²) in [5.41, 5.74) is 0.218. The number of halogens is 2. The third kappa shape index (κ3) is 4.22. The highest BCUT2D eigenvalue weighted by Gasteiger charge is 2.30. The number of carbonyl (C=O) groups is 1. The Bertz CT molecular complexity index is 510. The van der Waals surface area contributed by atoms with Crippen LogP contribution in [-0.4, -0.2) is 36.4 Å². The molecule has 1 heterocycles. The fourth-order valence-corrected chi connectivity index (χ4v) is 2.44. The molecule has 1 aromatic carbocycles. The number of benzene rings is 1. The van der Waals surface area contributed by atoms with Crippen molar-refractivity contribution >= 4 is 5.91 Å². The van der Waals surface area contributed by atoms with E-state index in [1.165, 1.54) is 6.07 Å². The molecule has 1 saturated heterocycles. The third-order valence-corrected chi connectivity index (χ3v) is 3.70. The largest absolute Gasteiger partial charge is 0.391 e. The molecule has 116 valence electrons. The van der Waals surface area contributed by atoms with Gasteiger partial charge in [0, 0.05) is 25.6 Å². The van der Waals surface area contributed by atoms with Crippen LogP contribution in [0.25, 0.3) is 0 Å². The molecule has 0 bridgehead atoms. The summed E-state index contributed by atoms with van der Waals surface area (Å²) in [4.78, 5) is 11.9. The molecule has 2 N–H and O–H groups in total. The summed E-state index contributed by atoms with van der Waals surface area (Å²) >= 11 is 0. The first-order valence-corrected chi connectivity index (χ1v) is 6.98. The second-order valence-electron chi connectivity index (χ2n) is 5.31. The van der Waals surface area contributed by atoms with Crippen molar-refractivity contribution in [1.82, 2.24) is 5.32 Å². The predicted molar refractivity (Wildman–Crippen MR) is 72.6 cm³/mol.